The first-order valence-electron chi connectivity index (χ1n) is 11.4. The van der Waals surface area contributed by atoms with Crippen molar-refractivity contribution in [2.45, 2.75) is 52.0 Å². The van der Waals surface area contributed by atoms with Crippen LogP contribution in [-0.2, 0) is 13.0 Å². The molecule has 31 heavy (non-hydrogen) atoms. The number of rotatable bonds is 8. The van der Waals surface area contributed by atoms with E-state index in [0.717, 1.165) is 84.5 Å². The van der Waals surface area contributed by atoms with E-state index in [4.69, 9.17) is 14.5 Å². The normalized spacial score (nSPS) is 17.8. The minimum absolute atomic E-state index is 0.739. The molecule has 3 aromatic rings. The zero-order chi connectivity index (χ0) is 21.2. The van der Waals surface area contributed by atoms with E-state index in [9.17, 15) is 0 Å². The summed E-state index contributed by atoms with van der Waals surface area (Å²) in [7, 11) is 0. The largest absolute Gasteiger partial charge is 0.493 e. The standard InChI is InChI=1S/C25H29N3O2S/c1-17-24(29-15-19-2-3-19)7-5-22-23(27-30-25(17)22)6-4-18-8-10-28(11-9-18)14-21-12-20(13-26)16-31-21/h5,7,12,16,18-19H,2-4,6,8-11,14-15H2,1H3. The summed E-state index contributed by atoms with van der Waals surface area (Å²) >= 11 is 1.70. The molecule has 1 aromatic carbocycles. The molecule has 2 aliphatic rings. The van der Waals surface area contributed by atoms with Crippen LogP contribution in [0.3, 0.4) is 0 Å². The van der Waals surface area contributed by atoms with Crippen molar-refractivity contribution in [3.05, 3.63) is 45.3 Å². The number of fused-ring (bicyclic) bond motifs is 1. The number of nitriles is 1. The fourth-order valence-electron chi connectivity index (χ4n) is 4.51. The molecule has 1 saturated heterocycles. The molecule has 5 rings (SSSR count). The van der Waals surface area contributed by atoms with E-state index >= 15 is 0 Å². The third-order valence-electron chi connectivity index (χ3n) is 6.74. The van der Waals surface area contributed by atoms with Crippen molar-refractivity contribution < 1.29 is 9.26 Å². The predicted molar refractivity (Wildman–Crippen MR) is 122 cm³/mol. The predicted octanol–water partition coefficient (Wildman–Crippen LogP) is 5.70. The Bertz CT molecular complexity index is 1080. The van der Waals surface area contributed by atoms with Gasteiger partial charge in [0.1, 0.15) is 11.8 Å². The van der Waals surface area contributed by atoms with Crippen molar-refractivity contribution in [1.29, 1.82) is 5.26 Å². The van der Waals surface area contributed by atoms with E-state index in [0.29, 0.717) is 0 Å². The van der Waals surface area contributed by atoms with Gasteiger partial charge in [0.2, 0.25) is 0 Å². The zero-order valence-electron chi connectivity index (χ0n) is 18.1. The van der Waals surface area contributed by atoms with Crippen LogP contribution in [0.1, 0.15) is 53.8 Å². The van der Waals surface area contributed by atoms with E-state index in [2.05, 4.69) is 35.2 Å². The number of likely N-dealkylation sites (tertiary alicyclic amines) is 1. The summed E-state index contributed by atoms with van der Waals surface area (Å²) in [5.41, 5.74) is 3.81. The second-order valence-corrected chi connectivity index (χ2v) is 10.1. The number of hydrogen-bond donors (Lipinski definition) is 0. The van der Waals surface area contributed by atoms with E-state index in [-0.39, 0.29) is 0 Å². The van der Waals surface area contributed by atoms with Gasteiger partial charge in [0.05, 0.1) is 17.9 Å². The van der Waals surface area contributed by atoms with Crippen LogP contribution in [0.4, 0.5) is 0 Å². The molecular weight excluding hydrogens is 406 g/mol. The summed E-state index contributed by atoms with van der Waals surface area (Å²) in [5, 5.41) is 16.5. The molecule has 0 atom stereocenters. The number of piperidine rings is 1. The van der Waals surface area contributed by atoms with E-state index < -0.39 is 0 Å². The number of thiophene rings is 1. The van der Waals surface area contributed by atoms with Crippen molar-refractivity contribution >= 4 is 22.3 Å². The maximum atomic E-state index is 8.99. The summed E-state index contributed by atoms with van der Waals surface area (Å²) in [6.07, 6.45) is 7.17. The van der Waals surface area contributed by atoms with Gasteiger partial charge >= 0.3 is 0 Å². The Morgan fingerprint density at radius 2 is 2.06 bits per heavy atom. The van der Waals surface area contributed by atoms with E-state index in [1.54, 1.807) is 11.3 Å². The minimum Gasteiger partial charge on any atom is -0.493 e. The molecule has 1 aliphatic heterocycles. The summed E-state index contributed by atoms with van der Waals surface area (Å²) < 4.78 is 11.7. The number of aromatic nitrogens is 1. The van der Waals surface area contributed by atoms with Gasteiger partial charge in [-0.3, -0.25) is 4.90 Å². The molecule has 0 amide bonds. The molecule has 0 bridgehead atoms. The van der Waals surface area contributed by atoms with Gasteiger partial charge in [-0.2, -0.15) is 5.26 Å². The maximum Gasteiger partial charge on any atom is 0.173 e. The first kappa shape index (κ1) is 20.5. The van der Waals surface area contributed by atoms with Crippen molar-refractivity contribution in [1.82, 2.24) is 10.1 Å². The van der Waals surface area contributed by atoms with Crippen LogP contribution in [-0.4, -0.2) is 29.8 Å². The molecule has 5 nitrogen and oxygen atoms in total. The summed E-state index contributed by atoms with van der Waals surface area (Å²) in [5.74, 6) is 2.41. The van der Waals surface area contributed by atoms with Gasteiger partial charge in [-0.05, 0) is 88.6 Å². The number of hydrogen-bond acceptors (Lipinski definition) is 6. The Morgan fingerprint density at radius 3 is 2.81 bits per heavy atom. The highest BCUT2D eigenvalue weighted by molar-refractivity contribution is 7.10. The van der Waals surface area contributed by atoms with Crippen molar-refractivity contribution in [3.8, 4) is 11.8 Å². The molecule has 0 unspecified atom stereocenters. The van der Waals surface area contributed by atoms with Crippen LogP contribution in [0.2, 0.25) is 0 Å². The quantitative estimate of drug-likeness (QED) is 0.454. The van der Waals surface area contributed by atoms with Crippen molar-refractivity contribution in [3.63, 3.8) is 0 Å². The zero-order valence-corrected chi connectivity index (χ0v) is 18.9. The highest BCUT2D eigenvalue weighted by Crippen LogP contribution is 2.34. The van der Waals surface area contributed by atoms with Crippen LogP contribution in [0.5, 0.6) is 5.75 Å². The second kappa shape index (κ2) is 9.02. The lowest BCUT2D eigenvalue weighted by molar-refractivity contribution is 0.173. The van der Waals surface area contributed by atoms with E-state index in [1.165, 1.54) is 30.6 Å². The maximum absolute atomic E-state index is 8.99. The van der Waals surface area contributed by atoms with Crippen LogP contribution < -0.4 is 4.74 Å². The molecule has 2 aromatic heterocycles. The number of aryl methyl sites for hydroxylation is 2. The molecular formula is C25H29N3O2S. The van der Waals surface area contributed by atoms with Gasteiger partial charge < -0.3 is 9.26 Å². The molecule has 0 N–H and O–H groups in total. The Morgan fingerprint density at radius 1 is 1.23 bits per heavy atom. The van der Waals surface area contributed by atoms with Gasteiger partial charge in [0, 0.05) is 27.8 Å². The molecule has 1 saturated carbocycles. The molecule has 6 heteroatoms. The van der Waals surface area contributed by atoms with Crippen LogP contribution in [0.15, 0.2) is 28.1 Å². The summed E-state index contributed by atoms with van der Waals surface area (Å²) in [6, 6.07) is 8.46. The molecule has 162 valence electrons. The van der Waals surface area contributed by atoms with Crippen LogP contribution in [0.25, 0.3) is 11.0 Å². The Balaban J connectivity index is 1.13. The van der Waals surface area contributed by atoms with Crippen LogP contribution >= 0.6 is 11.3 Å². The van der Waals surface area contributed by atoms with Gasteiger partial charge in [0.15, 0.2) is 5.58 Å². The van der Waals surface area contributed by atoms with E-state index in [1.807, 2.05) is 11.4 Å². The Labute approximate surface area is 187 Å². The average Bonchev–Trinajstić information content (AvgIpc) is 3.35. The topological polar surface area (TPSA) is 62.3 Å². The number of benzene rings is 1. The first-order valence-corrected chi connectivity index (χ1v) is 12.3. The smallest absolute Gasteiger partial charge is 0.173 e. The first-order chi connectivity index (χ1) is 15.2. The van der Waals surface area contributed by atoms with Crippen molar-refractivity contribution in [2.75, 3.05) is 19.7 Å². The monoisotopic (exact) mass is 435 g/mol. The third kappa shape index (κ3) is 4.78. The second-order valence-electron chi connectivity index (χ2n) is 9.12. The summed E-state index contributed by atoms with van der Waals surface area (Å²) in [6.45, 7) is 6.12. The lowest BCUT2D eigenvalue weighted by atomic mass is 9.91. The highest BCUT2D eigenvalue weighted by Gasteiger charge is 2.24. The average molecular weight is 436 g/mol. The van der Waals surface area contributed by atoms with Gasteiger partial charge in [-0.1, -0.05) is 5.16 Å². The Kier molecular flexibility index (Phi) is 5.97. The number of nitrogens with zero attached hydrogens (tertiary/aromatic N) is 3. The van der Waals surface area contributed by atoms with Crippen molar-refractivity contribution in [2.24, 2.45) is 11.8 Å². The van der Waals surface area contributed by atoms with Crippen LogP contribution in [0, 0.1) is 30.1 Å². The lowest BCUT2D eigenvalue weighted by Crippen LogP contribution is -2.33. The lowest BCUT2D eigenvalue weighted by Gasteiger charge is -2.31. The third-order valence-corrected chi connectivity index (χ3v) is 7.67. The number of ether oxygens (including phenoxy) is 1. The highest BCUT2D eigenvalue weighted by atomic mass is 32.1. The van der Waals surface area contributed by atoms with Gasteiger partial charge in [-0.15, -0.1) is 11.3 Å². The SMILES string of the molecule is Cc1c(OCC2CC2)ccc2c(CCC3CCN(Cc4cc(C#N)cs4)CC3)noc12. The fourth-order valence-corrected chi connectivity index (χ4v) is 5.37. The molecule has 2 fully saturated rings. The van der Waals surface area contributed by atoms with Gasteiger partial charge in [-0.25, -0.2) is 0 Å². The molecule has 0 spiro atoms. The molecule has 1 aliphatic carbocycles. The summed E-state index contributed by atoms with van der Waals surface area (Å²) in [4.78, 5) is 3.81. The minimum atomic E-state index is 0.739. The van der Waals surface area contributed by atoms with Gasteiger partial charge in [0.25, 0.3) is 0 Å². The molecule has 3 heterocycles. The fraction of sp³-hybridized carbons (Fsp3) is 0.520. The molecule has 0 radical (unpaired) electrons. The Hall–Kier alpha value is -2.36.